The van der Waals surface area contributed by atoms with Crippen LogP contribution in [0, 0.1) is 5.82 Å². The highest BCUT2D eigenvalue weighted by molar-refractivity contribution is 8.13. The van der Waals surface area contributed by atoms with Crippen molar-refractivity contribution < 1.29 is 13.9 Å². The molecule has 2 aromatic rings. The minimum atomic E-state index is -1.04. The predicted octanol–water partition coefficient (Wildman–Crippen LogP) is 2.21. The van der Waals surface area contributed by atoms with E-state index in [-0.39, 0.29) is 11.8 Å². The Morgan fingerprint density at radius 1 is 1.32 bits per heavy atom. The Bertz CT molecular complexity index is 1030. The summed E-state index contributed by atoms with van der Waals surface area (Å²) >= 11 is 1.36. The molecule has 1 aliphatic carbocycles. The van der Waals surface area contributed by atoms with E-state index in [0.29, 0.717) is 47.1 Å². The Morgan fingerprint density at radius 3 is 2.84 bits per heavy atom. The lowest BCUT2D eigenvalue weighted by Crippen LogP contribution is -2.65. The SMILES string of the molecule is CO[C@@H]1CC[C@]2(c3cc(NC(=O)c4ccc(N)cn4)ccc3F)N=C(N)SC[C@]2(N)C1. The number of benzene rings is 1. The third-order valence-corrected chi connectivity index (χ3v) is 7.09. The van der Waals surface area contributed by atoms with Crippen LogP contribution in [0.25, 0.3) is 0 Å². The number of methoxy groups -OCH3 is 1. The second kappa shape index (κ2) is 8.10. The summed E-state index contributed by atoms with van der Waals surface area (Å²) in [6.07, 6.45) is 3.05. The van der Waals surface area contributed by atoms with Gasteiger partial charge in [-0.25, -0.2) is 14.4 Å². The molecule has 1 aliphatic heterocycles. The lowest BCUT2D eigenvalue weighted by molar-refractivity contribution is 0.0103. The molecular weight excluding hydrogens is 419 g/mol. The summed E-state index contributed by atoms with van der Waals surface area (Å²) in [5, 5.41) is 3.13. The van der Waals surface area contributed by atoms with Gasteiger partial charge in [0.1, 0.15) is 17.1 Å². The van der Waals surface area contributed by atoms with E-state index in [0.717, 1.165) is 0 Å². The second-order valence-corrected chi connectivity index (χ2v) is 8.98. The number of aromatic nitrogens is 1. The lowest BCUT2D eigenvalue weighted by Gasteiger charge is -2.53. The van der Waals surface area contributed by atoms with E-state index >= 15 is 4.39 Å². The fraction of sp³-hybridized carbons (Fsp3) is 0.381. The number of aliphatic imine (C=N–C) groups is 1. The molecule has 7 N–H and O–H groups in total. The minimum Gasteiger partial charge on any atom is -0.397 e. The van der Waals surface area contributed by atoms with Crippen LogP contribution in [0.4, 0.5) is 15.8 Å². The van der Waals surface area contributed by atoms with Crippen molar-refractivity contribution in [3.63, 3.8) is 0 Å². The molecule has 0 radical (unpaired) electrons. The average Bonchev–Trinajstić information content (AvgIpc) is 2.75. The number of amides is 1. The molecule has 3 atom stereocenters. The topological polar surface area (TPSA) is 142 Å². The van der Waals surface area contributed by atoms with Crippen LogP contribution in [0.2, 0.25) is 0 Å². The number of fused-ring (bicyclic) bond motifs is 1. The summed E-state index contributed by atoms with van der Waals surface area (Å²) in [7, 11) is 1.65. The number of thioether (sulfide) groups is 1. The number of hydrogen-bond donors (Lipinski definition) is 4. The number of nitrogens with zero attached hydrogens (tertiary/aromatic N) is 2. The Hall–Kier alpha value is -2.69. The van der Waals surface area contributed by atoms with Gasteiger partial charge < -0.3 is 27.3 Å². The van der Waals surface area contributed by atoms with Gasteiger partial charge in [-0.1, -0.05) is 11.8 Å². The first kappa shape index (κ1) is 21.5. The van der Waals surface area contributed by atoms with Crippen molar-refractivity contribution in [1.82, 2.24) is 4.98 Å². The summed E-state index contributed by atoms with van der Waals surface area (Å²) < 4.78 is 20.7. The molecule has 2 aliphatic rings. The number of nitrogens with two attached hydrogens (primary N) is 3. The zero-order chi connectivity index (χ0) is 22.2. The van der Waals surface area contributed by atoms with Gasteiger partial charge >= 0.3 is 0 Å². The normalized spacial score (nSPS) is 27.8. The van der Waals surface area contributed by atoms with Crippen LogP contribution in [0.15, 0.2) is 41.5 Å². The van der Waals surface area contributed by atoms with Gasteiger partial charge in [0.2, 0.25) is 0 Å². The number of anilines is 2. The van der Waals surface area contributed by atoms with Gasteiger partial charge in [0.25, 0.3) is 5.91 Å². The van der Waals surface area contributed by atoms with Crippen LogP contribution < -0.4 is 22.5 Å². The number of hydrogen-bond acceptors (Lipinski definition) is 8. The standard InChI is InChI=1S/C21H25FN6O2S/c1-30-14-6-7-21(20(25,9-14)11-31-19(24)28-21)15-8-13(3-4-16(15)22)27-18(29)17-5-2-12(23)10-26-17/h2-5,8,10,14H,6-7,9,11,23,25H2,1H3,(H2,24,28)(H,27,29)/t14-,20-,21-/m1/s1. The fourth-order valence-corrected chi connectivity index (χ4v) is 5.37. The fourth-order valence-electron chi connectivity index (χ4n) is 4.38. The van der Waals surface area contributed by atoms with E-state index in [1.165, 1.54) is 36.2 Å². The molecule has 31 heavy (non-hydrogen) atoms. The van der Waals surface area contributed by atoms with Gasteiger partial charge in [0.05, 0.1) is 23.5 Å². The van der Waals surface area contributed by atoms with Gasteiger partial charge in [-0.3, -0.25) is 4.79 Å². The Kier molecular flexibility index (Phi) is 5.63. The van der Waals surface area contributed by atoms with Crippen molar-refractivity contribution in [2.75, 3.05) is 23.9 Å². The molecule has 10 heteroatoms. The zero-order valence-corrected chi connectivity index (χ0v) is 17.9. The quantitative estimate of drug-likeness (QED) is 0.566. The molecule has 8 nitrogen and oxygen atoms in total. The molecule has 1 aromatic carbocycles. The number of amidine groups is 1. The largest absolute Gasteiger partial charge is 0.397 e. The van der Waals surface area contributed by atoms with Crippen LogP contribution in [0.5, 0.6) is 0 Å². The highest BCUT2D eigenvalue weighted by Crippen LogP contribution is 2.51. The van der Waals surface area contributed by atoms with Gasteiger partial charge in [-0.2, -0.15) is 0 Å². The van der Waals surface area contributed by atoms with E-state index in [4.69, 9.17) is 26.9 Å². The first-order valence-corrected chi connectivity index (χ1v) is 10.9. The second-order valence-electron chi connectivity index (χ2n) is 7.98. The number of carbonyl (C=O) groups excluding carboxylic acids is 1. The molecule has 0 bridgehead atoms. The molecule has 1 fully saturated rings. The third kappa shape index (κ3) is 3.86. The van der Waals surface area contributed by atoms with Gasteiger partial charge in [-0.15, -0.1) is 0 Å². The summed E-state index contributed by atoms with van der Waals surface area (Å²) in [5.74, 6) is -0.384. The number of nitrogens with one attached hydrogen (secondary N) is 1. The van der Waals surface area contributed by atoms with Crippen LogP contribution in [-0.4, -0.2) is 40.6 Å². The highest BCUT2D eigenvalue weighted by atomic mass is 32.2. The van der Waals surface area contributed by atoms with Crippen molar-refractivity contribution in [1.29, 1.82) is 0 Å². The molecule has 1 amide bonds. The molecule has 0 spiro atoms. The molecule has 4 rings (SSSR count). The first-order chi connectivity index (χ1) is 14.8. The monoisotopic (exact) mass is 444 g/mol. The predicted molar refractivity (Wildman–Crippen MR) is 120 cm³/mol. The van der Waals surface area contributed by atoms with Crippen LogP contribution >= 0.6 is 11.8 Å². The Labute approximate surface area is 183 Å². The van der Waals surface area contributed by atoms with Crippen LogP contribution in [-0.2, 0) is 10.3 Å². The van der Waals surface area contributed by atoms with Crippen molar-refractivity contribution in [2.45, 2.75) is 36.4 Å². The van der Waals surface area contributed by atoms with E-state index < -0.39 is 22.8 Å². The van der Waals surface area contributed by atoms with Crippen molar-refractivity contribution >= 4 is 34.2 Å². The Morgan fingerprint density at radius 2 is 2.13 bits per heavy atom. The zero-order valence-electron chi connectivity index (χ0n) is 17.1. The average molecular weight is 445 g/mol. The molecule has 1 saturated carbocycles. The van der Waals surface area contributed by atoms with Crippen molar-refractivity contribution in [2.24, 2.45) is 16.5 Å². The van der Waals surface area contributed by atoms with Gasteiger partial charge in [-0.05, 0) is 49.6 Å². The maximum Gasteiger partial charge on any atom is 0.274 e. The molecule has 2 heterocycles. The van der Waals surface area contributed by atoms with Crippen molar-refractivity contribution in [3.05, 3.63) is 53.6 Å². The maximum absolute atomic E-state index is 15.2. The molecular formula is C21H25FN6O2S. The number of pyridine rings is 1. The van der Waals surface area contributed by atoms with Gasteiger partial charge in [0, 0.05) is 24.1 Å². The molecule has 0 unspecified atom stereocenters. The van der Waals surface area contributed by atoms with E-state index in [2.05, 4.69) is 10.3 Å². The number of carbonyl (C=O) groups is 1. The highest BCUT2D eigenvalue weighted by Gasteiger charge is 2.57. The van der Waals surface area contributed by atoms with E-state index in [1.54, 1.807) is 19.2 Å². The number of rotatable bonds is 4. The molecule has 0 saturated heterocycles. The maximum atomic E-state index is 15.2. The Balaban J connectivity index is 1.72. The van der Waals surface area contributed by atoms with Crippen LogP contribution in [0.3, 0.4) is 0 Å². The summed E-state index contributed by atoms with van der Waals surface area (Å²) in [4.78, 5) is 21.3. The van der Waals surface area contributed by atoms with Crippen LogP contribution in [0.1, 0.15) is 35.3 Å². The first-order valence-electron chi connectivity index (χ1n) is 9.89. The number of ether oxygens (including phenoxy) is 1. The summed E-state index contributed by atoms with van der Waals surface area (Å²) in [6.45, 7) is 0. The summed E-state index contributed by atoms with van der Waals surface area (Å²) in [5.41, 5.74) is 18.0. The number of halogens is 1. The van der Waals surface area contributed by atoms with E-state index in [1.807, 2.05) is 0 Å². The molecule has 1 aromatic heterocycles. The van der Waals surface area contributed by atoms with E-state index in [9.17, 15) is 4.79 Å². The number of nitrogen functional groups attached to an aromatic ring is 1. The van der Waals surface area contributed by atoms with Crippen molar-refractivity contribution in [3.8, 4) is 0 Å². The van der Waals surface area contributed by atoms with Gasteiger partial charge in [0.15, 0.2) is 5.17 Å². The third-order valence-electron chi connectivity index (χ3n) is 6.04. The smallest absolute Gasteiger partial charge is 0.274 e. The summed E-state index contributed by atoms with van der Waals surface area (Å²) in [6, 6.07) is 7.51. The minimum absolute atomic E-state index is 0.0317. The molecule has 164 valence electrons. The lowest BCUT2D eigenvalue weighted by atomic mass is 9.64.